The Morgan fingerprint density at radius 1 is 0.296 bits per heavy atom. The molecule has 0 N–H and O–H groups in total. The number of fused-ring (bicyclic) bond motifs is 4. The molecular formula is C52H35NS. The Labute approximate surface area is 319 Å². The van der Waals surface area contributed by atoms with Crippen LogP contribution in [0.5, 0.6) is 0 Å². The molecule has 0 saturated carbocycles. The summed E-state index contributed by atoms with van der Waals surface area (Å²) in [5.74, 6) is 0. The van der Waals surface area contributed by atoms with Crippen LogP contribution in [0.15, 0.2) is 212 Å². The molecule has 0 radical (unpaired) electrons. The smallest absolute Gasteiger partial charge is 0.0540 e. The van der Waals surface area contributed by atoms with Gasteiger partial charge in [-0.1, -0.05) is 164 Å². The summed E-state index contributed by atoms with van der Waals surface area (Å²) in [6.07, 6.45) is 0. The third kappa shape index (κ3) is 5.84. The van der Waals surface area contributed by atoms with Crippen LogP contribution in [0.3, 0.4) is 0 Å². The van der Waals surface area contributed by atoms with E-state index in [1.165, 1.54) is 75.5 Å². The van der Waals surface area contributed by atoms with Crippen LogP contribution in [0, 0.1) is 0 Å². The van der Waals surface area contributed by atoms with Crippen LogP contribution in [0.2, 0.25) is 0 Å². The molecule has 0 atom stereocenters. The van der Waals surface area contributed by atoms with Gasteiger partial charge in [0.25, 0.3) is 0 Å². The van der Waals surface area contributed by atoms with E-state index in [9.17, 15) is 0 Å². The minimum Gasteiger partial charge on any atom is -0.310 e. The van der Waals surface area contributed by atoms with Gasteiger partial charge in [-0.05, 0) is 98.2 Å². The molecule has 0 unspecified atom stereocenters. The summed E-state index contributed by atoms with van der Waals surface area (Å²) in [5, 5.41) is 5.15. The molecule has 0 aliphatic carbocycles. The highest BCUT2D eigenvalue weighted by molar-refractivity contribution is 7.25. The van der Waals surface area contributed by atoms with Crippen molar-refractivity contribution in [1.82, 2.24) is 0 Å². The summed E-state index contributed by atoms with van der Waals surface area (Å²) in [7, 11) is 0. The van der Waals surface area contributed by atoms with Crippen LogP contribution < -0.4 is 4.90 Å². The zero-order chi connectivity index (χ0) is 35.8. The summed E-state index contributed by atoms with van der Waals surface area (Å²) in [5.41, 5.74) is 13.0. The average molecular weight is 706 g/mol. The molecule has 1 nitrogen and oxygen atoms in total. The Hall–Kier alpha value is -6.74. The number of para-hydroxylation sites is 1. The number of thiophene rings is 1. The van der Waals surface area contributed by atoms with Crippen LogP contribution >= 0.6 is 11.3 Å². The van der Waals surface area contributed by atoms with E-state index < -0.39 is 0 Å². The van der Waals surface area contributed by atoms with E-state index in [1.807, 2.05) is 11.3 Å². The van der Waals surface area contributed by atoms with Crippen molar-refractivity contribution in [3.05, 3.63) is 212 Å². The minimum atomic E-state index is 1.10. The summed E-state index contributed by atoms with van der Waals surface area (Å²) >= 11 is 1.86. The third-order valence-electron chi connectivity index (χ3n) is 10.5. The number of nitrogens with zero attached hydrogens (tertiary/aromatic N) is 1. The van der Waals surface area contributed by atoms with Gasteiger partial charge < -0.3 is 4.90 Å². The second-order valence-corrected chi connectivity index (χ2v) is 14.8. The third-order valence-corrected chi connectivity index (χ3v) is 11.7. The highest BCUT2D eigenvalue weighted by Gasteiger charge is 2.18. The molecule has 2 heteroatoms. The van der Waals surface area contributed by atoms with Gasteiger partial charge in [0.15, 0.2) is 0 Å². The van der Waals surface area contributed by atoms with Crippen molar-refractivity contribution in [2.24, 2.45) is 0 Å². The number of hydrogen-bond donors (Lipinski definition) is 0. The maximum absolute atomic E-state index is 2.40. The van der Waals surface area contributed by atoms with E-state index >= 15 is 0 Å². The van der Waals surface area contributed by atoms with Crippen molar-refractivity contribution in [3.63, 3.8) is 0 Å². The summed E-state index contributed by atoms with van der Waals surface area (Å²) in [6, 6.07) is 77.1. The first-order chi connectivity index (χ1) is 26.8. The average Bonchev–Trinajstić information content (AvgIpc) is 3.63. The normalized spacial score (nSPS) is 11.3. The van der Waals surface area contributed by atoms with Crippen molar-refractivity contribution in [3.8, 4) is 44.5 Å². The van der Waals surface area contributed by atoms with Crippen molar-refractivity contribution >= 4 is 59.3 Å². The highest BCUT2D eigenvalue weighted by atomic mass is 32.1. The Morgan fingerprint density at radius 3 is 1.54 bits per heavy atom. The zero-order valence-electron chi connectivity index (χ0n) is 29.6. The standard InChI is InChI=1S/C52H35NS/c1-2-11-36(12-3-1)38-25-30-43(31-26-38)53(50-19-8-6-16-47(50)42-29-34-52-49(35-42)48-17-7-9-20-51(48)54-52)44-32-27-39(28-33-44)37-21-23-41(24-22-37)46-18-10-14-40-13-4-5-15-45(40)46/h1-35H. The fourth-order valence-corrected chi connectivity index (χ4v) is 8.88. The molecule has 10 rings (SSSR count). The van der Waals surface area contributed by atoms with Crippen LogP contribution in [0.25, 0.3) is 75.5 Å². The molecule has 0 aliphatic heterocycles. The molecule has 0 aliphatic rings. The summed E-state index contributed by atoms with van der Waals surface area (Å²) in [6.45, 7) is 0. The predicted molar refractivity (Wildman–Crippen MR) is 233 cm³/mol. The lowest BCUT2D eigenvalue weighted by molar-refractivity contribution is 1.28. The quantitative estimate of drug-likeness (QED) is 0.160. The van der Waals surface area contributed by atoms with Crippen molar-refractivity contribution in [1.29, 1.82) is 0 Å². The fourth-order valence-electron chi connectivity index (χ4n) is 7.79. The molecule has 54 heavy (non-hydrogen) atoms. The second-order valence-electron chi connectivity index (χ2n) is 13.7. The number of anilines is 3. The first-order valence-electron chi connectivity index (χ1n) is 18.4. The molecule has 0 amide bonds. The molecule has 0 saturated heterocycles. The lowest BCUT2D eigenvalue weighted by atomic mass is 9.96. The number of rotatable bonds is 7. The minimum absolute atomic E-state index is 1.10. The van der Waals surface area contributed by atoms with E-state index in [0.717, 1.165) is 17.1 Å². The zero-order valence-corrected chi connectivity index (χ0v) is 30.4. The number of benzene rings is 9. The first kappa shape index (κ1) is 32.0. The molecule has 0 fully saturated rings. The van der Waals surface area contributed by atoms with E-state index in [0.29, 0.717) is 0 Å². The lowest BCUT2D eigenvalue weighted by Gasteiger charge is -2.28. The van der Waals surface area contributed by atoms with Gasteiger partial charge in [-0.3, -0.25) is 0 Å². The Bertz CT molecular complexity index is 2900. The molecule has 9 aromatic carbocycles. The molecule has 0 bridgehead atoms. The maximum Gasteiger partial charge on any atom is 0.0540 e. The van der Waals surface area contributed by atoms with Gasteiger partial charge in [0.2, 0.25) is 0 Å². The fraction of sp³-hybridized carbons (Fsp3) is 0. The maximum atomic E-state index is 2.40. The molecule has 1 aromatic heterocycles. The van der Waals surface area contributed by atoms with Crippen molar-refractivity contribution in [2.75, 3.05) is 4.90 Å². The van der Waals surface area contributed by atoms with E-state index in [2.05, 4.69) is 217 Å². The van der Waals surface area contributed by atoms with Gasteiger partial charge in [-0.25, -0.2) is 0 Å². The van der Waals surface area contributed by atoms with Gasteiger partial charge in [0, 0.05) is 37.1 Å². The SMILES string of the molecule is c1ccc(-c2ccc(N(c3ccc(-c4ccc(-c5cccc6ccccc56)cc4)cc3)c3ccccc3-c3ccc4sc5ccccc5c4c3)cc2)cc1. The van der Waals surface area contributed by atoms with Crippen LogP contribution in [0.1, 0.15) is 0 Å². The van der Waals surface area contributed by atoms with Gasteiger partial charge in [0.05, 0.1) is 5.69 Å². The van der Waals surface area contributed by atoms with Gasteiger partial charge in [-0.15, -0.1) is 11.3 Å². The highest BCUT2D eigenvalue weighted by Crippen LogP contribution is 2.44. The van der Waals surface area contributed by atoms with Crippen LogP contribution in [-0.2, 0) is 0 Å². The predicted octanol–water partition coefficient (Wildman–Crippen LogP) is 15.3. The number of hydrogen-bond acceptors (Lipinski definition) is 2. The first-order valence-corrected chi connectivity index (χ1v) is 19.2. The largest absolute Gasteiger partial charge is 0.310 e. The van der Waals surface area contributed by atoms with Gasteiger partial charge in [0.1, 0.15) is 0 Å². The van der Waals surface area contributed by atoms with Gasteiger partial charge >= 0.3 is 0 Å². The van der Waals surface area contributed by atoms with E-state index in [-0.39, 0.29) is 0 Å². The molecule has 0 spiro atoms. The topological polar surface area (TPSA) is 3.24 Å². The van der Waals surface area contributed by atoms with Crippen molar-refractivity contribution in [2.45, 2.75) is 0 Å². The summed E-state index contributed by atoms with van der Waals surface area (Å²) in [4.78, 5) is 2.40. The Balaban J connectivity index is 1.05. The van der Waals surface area contributed by atoms with Gasteiger partial charge in [-0.2, -0.15) is 0 Å². The molecule has 10 aromatic rings. The Morgan fingerprint density at radius 2 is 0.796 bits per heavy atom. The van der Waals surface area contributed by atoms with Crippen LogP contribution in [-0.4, -0.2) is 0 Å². The van der Waals surface area contributed by atoms with Crippen LogP contribution in [0.4, 0.5) is 17.1 Å². The van der Waals surface area contributed by atoms with Crippen molar-refractivity contribution < 1.29 is 0 Å². The Kier molecular flexibility index (Phi) is 8.09. The monoisotopic (exact) mass is 705 g/mol. The van der Waals surface area contributed by atoms with E-state index in [1.54, 1.807) is 0 Å². The molecule has 254 valence electrons. The molecule has 1 heterocycles. The summed E-state index contributed by atoms with van der Waals surface area (Å²) < 4.78 is 2.63. The second kappa shape index (κ2) is 13.7. The lowest BCUT2D eigenvalue weighted by Crippen LogP contribution is -2.11. The molecular weight excluding hydrogens is 671 g/mol. The van der Waals surface area contributed by atoms with E-state index in [4.69, 9.17) is 0 Å².